The van der Waals surface area contributed by atoms with Gasteiger partial charge >= 0.3 is 12.1 Å². The highest BCUT2D eigenvalue weighted by Crippen LogP contribution is 2.40. The van der Waals surface area contributed by atoms with Gasteiger partial charge < -0.3 is 14.4 Å². The summed E-state index contributed by atoms with van der Waals surface area (Å²) in [6.45, 7) is 4.67. The summed E-state index contributed by atoms with van der Waals surface area (Å²) in [7, 11) is 1.23. The monoisotopic (exact) mass is 359 g/mol. The molecule has 0 N–H and O–H groups in total. The van der Waals surface area contributed by atoms with Gasteiger partial charge in [0.2, 0.25) is 0 Å². The molecule has 0 saturated carbocycles. The van der Waals surface area contributed by atoms with Crippen molar-refractivity contribution in [2.24, 2.45) is 0 Å². The van der Waals surface area contributed by atoms with Gasteiger partial charge in [-0.2, -0.15) is 13.2 Å². The highest BCUT2D eigenvalue weighted by Gasteiger charge is 2.41. The molecule has 0 aromatic heterocycles. The first-order valence-corrected chi connectivity index (χ1v) is 7.77. The second kappa shape index (κ2) is 6.57. The number of aryl methyl sites for hydroxylation is 1. The number of alkyl halides is 3. The number of ether oxygens (including phenoxy) is 2. The van der Waals surface area contributed by atoms with Gasteiger partial charge in [-0.15, -0.1) is 0 Å². The minimum absolute atomic E-state index is 0.123. The van der Waals surface area contributed by atoms with Crippen LogP contribution >= 0.6 is 0 Å². The Morgan fingerprint density at radius 2 is 1.96 bits per heavy atom. The molecular weight excluding hydrogens is 339 g/mol. The number of methoxy groups -OCH3 is 1. The number of nitrogens with zero attached hydrogens (tertiary/aromatic N) is 1. The fourth-order valence-electron chi connectivity index (χ4n) is 2.71. The van der Waals surface area contributed by atoms with Crippen LogP contribution in [0.2, 0.25) is 0 Å². The van der Waals surface area contributed by atoms with E-state index in [9.17, 15) is 22.8 Å². The van der Waals surface area contributed by atoms with Gasteiger partial charge in [-0.25, -0.2) is 4.79 Å². The smallest absolute Gasteiger partial charge is 0.389 e. The fraction of sp³-hybridized carbons (Fsp3) is 0.529. The summed E-state index contributed by atoms with van der Waals surface area (Å²) >= 11 is 0. The van der Waals surface area contributed by atoms with E-state index >= 15 is 0 Å². The molecule has 0 atom stereocenters. The second-order valence-electron chi connectivity index (χ2n) is 6.41. The predicted molar refractivity (Wildman–Crippen MR) is 84.9 cm³/mol. The first kappa shape index (κ1) is 19.1. The molecule has 0 saturated heterocycles. The van der Waals surface area contributed by atoms with E-state index in [4.69, 9.17) is 9.47 Å². The molecule has 2 rings (SSSR count). The molecule has 0 spiro atoms. The normalized spacial score (nSPS) is 16.3. The Morgan fingerprint density at radius 3 is 2.52 bits per heavy atom. The van der Waals surface area contributed by atoms with Gasteiger partial charge in [-0.05, 0) is 44.9 Å². The van der Waals surface area contributed by atoms with Gasteiger partial charge in [-0.3, -0.25) is 4.79 Å². The van der Waals surface area contributed by atoms with Crippen molar-refractivity contribution in [2.45, 2.75) is 45.4 Å². The van der Waals surface area contributed by atoms with Crippen LogP contribution in [0.3, 0.4) is 0 Å². The van der Waals surface area contributed by atoms with Gasteiger partial charge in [0.05, 0.1) is 18.4 Å². The first-order valence-electron chi connectivity index (χ1n) is 7.77. The van der Waals surface area contributed by atoms with Gasteiger partial charge in [0.15, 0.2) is 5.60 Å². The fourth-order valence-corrected chi connectivity index (χ4v) is 2.71. The summed E-state index contributed by atoms with van der Waals surface area (Å²) in [5.41, 5.74) is -0.105. The lowest BCUT2D eigenvalue weighted by molar-refractivity contribution is -0.137. The van der Waals surface area contributed by atoms with Crippen LogP contribution in [-0.4, -0.2) is 37.3 Å². The van der Waals surface area contributed by atoms with Gasteiger partial charge in [0.1, 0.15) is 5.75 Å². The maximum absolute atomic E-state index is 12.6. The number of carbonyl (C=O) groups excluding carboxylic acids is 2. The van der Waals surface area contributed by atoms with Crippen molar-refractivity contribution in [3.05, 3.63) is 23.3 Å². The molecule has 1 heterocycles. The molecule has 5 nitrogen and oxygen atoms in total. The summed E-state index contributed by atoms with van der Waals surface area (Å²) in [4.78, 5) is 25.7. The number of amides is 1. The van der Waals surface area contributed by atoms with Crippen molar-refractivity contribution >= 4 is 17.6 Å². The van der Waals surface area contributed by atoms with Crippen molar-refractivity contribution in [3.8, 4) is 5.75 Å². The number of halogens is 3. The molecule has 0 fully saturated rings. The number of anilines is 1. The Morgan fingerprint density at radius 1 is 1.32 bits per heavy atom. The third-order valence-corrected chi connectivity index (χ3v) is 3.97. The number of fused-ring (bicyclic) bond motifs is 1. The maximum Gasteiger partial charge on any atom is 0.389 e. The molecule has 8 heteroatoms. The Hall–Kier alpha value is -2.25. The molecule has 1 aliphatic rings. The standard InChI is InChI=1S/C17H20F3NO4/c1-10-8-13-12(9-11(10)14(22)24-4)21(7-5-6-17(18,19)20)15(23)16(2,3)25-13/h8-9H,5-7H2,1-4H3. The van der Waals surface area contributed by atoms with E-state index < -0.39 is 30.1 Å². The van der Waals surface area contributed by atoms with E-state index in [1.54, 1.807) is 26.8 Å². The number of esters is 1. The molecule has 0 bridgehead atoms. The minimum atomic E-state index is -4.29. The largest absolute Gasteiger partial charge is 0.476 e. The number of hydrogen-bond acceptors (Lipinski definition) is 4. The zero-order valence-electron chi connectivity index (χ0n) is 14.5. The third-order valence-electron chi connectivity index (χ3n) is 3.97. The molecule has 138 valence electrons. The first-order chi connectivity index (χ1) is 11.5. The number of rotatable bonds is 4. The van der Waals surface area contributed by atoms with E-state index in [2.05, 4.69) is 0 Å². The quantitative estimate of drug-likeness (QED) is 0.771. The average molecular weight is 359 g/mol. The van der Waals surface area contributed by atoms with Crippen LogP contribution in [0.5, 0.6) is 5.75 Å². The zero-order valence-corrected chi connectivity index (χ0v) is 14.5. The highest BCUT2D eigenvalue weighted by molar-refractivity contribution is 6.04. The zero-order chi connectivity index (χ0) is 19.0. The van der Waals surface area contributed by atoms with Gasteiger partial charge in [0.25, 0.3) is 5.91 Å². The van der Waals surface area contributed by atoms with E-state index in [1.165, 1.54) is 18.1 Å². The summed E-state index contributed by atoms with van der Waals surface area (Å²) in [5, 5.41) is 0. The summed E-state index contributed by atoms with van der Waals surface area (Å²) in [5.74, 6) is -0.698. The Balaban J connectivity index is 2.41. The molecule has 25 heavy (non-hydrogen) atoms. The van der Waals surface area contributed by atoms with Crippen molar-refractivity contribution < 1.29 is 32.2 Å². The molecule has 1 amide bonds. The van der Waals surface area contributed by atoms with Crippen LogP contribution in [0.25, 0.3) is 0 Å². The summed E-state index contributed by atoms with van der Waals surface area (Å²) in [6, 6.07) is 3.02. The Bertz CT molecular complexity index is 698. The van der Waals surface area contributed by atoms with Crippen molar-refractivity contribution in [1.29, 1.82) is 0 Å². The predicted octanol–water partition coefficient (Wildman–Crippen LogP) is 3.63. The van der Waals surface area contributed by atoms with Crippen LogP contribution in [0.1, 0.15) is 42.6 Å². The van der Waals surface area contributed by atoms with Gasteiger partial charge in [0, 0.05) is 13.0 Å². The molecule has 1 aromatic rings. The molecular formula is C17H20F3NO4. The van der Waals surface area contributed by atoms with Crippen molar-refractivity contribution in [2.75, 3.05) is 18.6 Å². The van der Waals surface area contributed by atoms with E-state index in [0.717, 1.165) is 0 Å². The average Bonchev–Trinajstić information content (AvgIpc) is 2.48. The second-order valence-corrected chi connectivity index (χ2v) is 6.41. The Kier molecular flexibility index (Phi) is 5.02. The molecule has 1 aliphatic heterocycles. The number of hydrogen-bond donors (Lipinski definition) is 0. The molecule has 0 radical (unpaired) electrons. The molecule has 0 unspecified atom stereocenters. The third kappa shape index (κ3) is 4.05. The highest BCUT2D eigenvalue weighted by atomic mass is 19.4. The van der Waals surface area contributed by atoms with E-state index in [1.807, 2.05) is 0 Å². The minimum Gasteiger partial charge on any atom is -0.476 e. The lowest BCUT2D eigenvalue weighted by atomic mass is 10.00. The topological polar surface area (TPSA) is 55.8 Å². The van der Waals surface area contributed by atoms with Gasteiger partial charge in [-0.1, -0.05) is 0 Å². The lowest BCUT2D eigenvalue weighted by Gasteiger charge is -2.39. The SMILES string of the molecule is COC(=O)c1cc2c(cc1C)OC(C)(C)C(=O)N2CCCC(F)(F)F. The summed E-state index contributed by atoms with van der Waals surface area (Å²) in [6.07, 6.45) is -5.53. The van der Waals surface area contributed by atoms with E-state index in [0.29, 0.717) is 11.3 Å². The maximum atomic E-state index is 12.6. The number of benzene rings is 1. The van der Waals surface area contributed by atoms with Crippen LogP contribution in [-0.2, 0) is 9.53 Å². The van der Waals surface area contributed by atoms with Crippen LogP contribution < -0.4 is 9.64 Å². The van der Waals surface area contributed by atoms with E-state index in [-0.39, 0.29) is 24.2 Å². The Labute approximate surface area is 143 Å². The summed E-state index contributed by atoms with van der Waals surface area (Å²) < 4.78 is 47.7. The van der Waals surface area contributed by atoms with Crippen LogP contribution in [0.15, 0.2) is 12.1 Å². The van der Waals surface area contributed by atoms with Crippen molar-refractivity contribution in [3.63, 3.8) is 0 Å². The van der Waals surface area contributed by atoms with Crippen LogP contribution in [0, 0.1) is 6.92 Å². The molecule has 0 aliphatic carbocycles. The lowest BCUT2D eigenvalue weighted by Crippen LogP contribution is -2.53. The van der Waals surface area contributed by atoms with Crippen molar-refractivity contribution in [1.82, 2.24) is 0 Å². The van der Waals surface area contributed by atoms with Crippen LogP contribution in [0.4, 0.5) is 18.9 Å². The number of carbonyl (C=O) groups is 2. The molecule has 1 aromatic carbocycles.